The molecule has 3 nitrogen and oxygen atoms in total. The number of rotatable bonds is 2. The number of nitrogens with one attached hydrogen (secondary N) is 1. The summed E-state index contributed by atoms with van der Waals surface area (Å²) in [6, 6.07) is 11.6. The van der Waals surface area contributed by atoms with E-state index in [4.69, 9.17) is 0 Å². The first-order valence-corrected chi connectivity index (χ1v) is 7.96. The van der Waals surface area contributed by atoms with Gasteiger partial charge < -0.3 is 5.32 Å². The largest absolute Gasteiger partial charge is 0.322 e. The second kappa shape index (κ2) is 6.15. The van der Waals surface area contributed by atoms with E-state index in [0.29, 0.717) is 5.56 Å². The summed E-state index contributed by atoms with van der Waals surface area (Å²) in [5.41, 5.74) is 3.62. The highest BCUT2D eigenvalue weighted by Gasteiger charge is 2.17. The quantitative estimate of drug-likeness (QED) is 0.854. The molecule has 0 saturated heterocycles. The van der Waals surface area contributed by atoms with Crippen LogP contribution in [0.5, 0.6) is 0 Å². The number of carbonyl (C=O) groups is 1. The van der Waals surface area contributed by atoms with Crippen molar-refractivity contribution in [3.8, 4) is 0 Å². The molecule has 122 valence electrons. The van der Waals surface area contributed by atoms with Gasteiger partial charge in [-0.15, -0.1) is 0 Å². The molecular formula is C20H26N2O. The molecule has 0 spiro atoms. The van der Waals surface area contributed by atoms with Crippen molar-refractivity contribution in [2.75, 3.05) is 5.32 Å². The van der Waals surface area contributed by atoms with Crippen LogP contribution in [0.25, 0.3) is 0 Å². The Hall–Kier alpha value is -2.16. The van der Waals surface area contributed by atoms with Crippen molar-refractivity contribution in [2.24, 2.45) is 0 Å². The van der Waals surface area contributed by atoms with Gasteiger partial charge in [-0.25, -0.2) is 0 Å². The van der Waals surface area contributed by atoms with Crippen LogP contribution in [-0.4, -0.2) is 10.9 Å². The Balaban J connectivity index is 2.16. The van der Waals surface area contributed by atoms with E-state index in [2.05, 4.69) is 64.0 Å². The van der Waals surface area contributed by atoms with E-state index in [1.54, 1.807) is 12.3 Å². The minimum absolute atomic E-state index is 0.0787. The predicted molar refractivity (Wildman–Crippen MR) is 96.0 cm³/mol. The summed E-state index contributed by atoms with van der Waals surface area (Å²) in [5.74, 6) is -0.110. The Kier molecular flexibility index (Phi) is 4.60. The molecule has 0 fully saturated rings. The SMILES string of the molecule is CC(C)(C)c1ccc(NC(=O)c2ccnc(C(C)(C)C)c2)cc1. The Bertz CT molecular complexity index is 689. The second-order valence-electron chi connectivity index (χ2n) is 7.96. The molecular weight excluding hydrogens is 284 g/mol. The average molecular weight is 310 g/mol. The van der Waals surface area contributed by atoms with E-state index < -0.39 is 0 Å². The van der Waals surface area contributed by atoms with Gasteiger partial charge in [-0.1, -0.05) is 53.7 Å². The zero-order valence-corrected chi connectivity index (χ0v) is 14.9. The summed E-state index contributed by atoms with van der Waals surface area (Å²) in [4.78, 5) is 16.8. The highest BCUT2D eigenvalue weighted by molar-refractivity contribution is 6.04. The molecule has 0 saturated carbocycles. The van der Waals surface area contributed by atoms with Gasteiger partial charge in [-0.05, 0) is 35.2 Å². The topological polar surface area (TPSA) is 42.0 Å². The lowest BCUT2D eigenvalue weighted by Crippen LogP contribution is -2.17. The number of amides is 1. The molecule has 0 bridgehead atoms. The predicted octanol–water partition coefficient (Wildman–Crippen LogP) is 4.93. The molecule has 1 amide bonds. The van der Waals surface area contributed by atoms with Crippen LogP contribution in [-0.2, 0) is 10.8 Å². The van der Waals surface area contributed by atoms with Gasteiger partial charge >= 0.3 is 0 Å². The lowest BCUT2D eigenvalue weighted by Gasteiger charge is -2.19. The van der Waals surface area contributed by atoms with Gasteiger partial charge in [0.15, 0.2) is 0 Å². The molecule has 0 aliphatic heterocycles. The van der Waals surface area contributed by atoms with Gasteiger partial charge in [-0.3, -0.25) is 9.78 Å². The normalized spacial score (nSPS) is 12.1. The van der Waals surface area contributed by atoms with Crippen molar-refractivity contribution < 1.29 is 4.79 Å². The lowest BCUT2D eigenvalue weighted by atomic mass is 9.87. The molecule has 0 atom stereocenters. The van der Waals surface area contributed by atoms with Gasteiger partial charge in [0, 0.05) is 28.6 Å². The minimum Gasteiger partial charge on any atom is -0.322 e. The minimum atomic E-state index is -0.110. The maximum atomic E-state index is 12.4. The maximum absolute atomic E-state index is 12.4. The maximum Gasteiger partial charge on any atom is 0.255 e. The molecule has 0 unspecified atom stereocenters. The number of hydrogen-bond acceptors (Lipinski definition) is 2. The van der Waals surface area contributed by atoms with E-state index in [-0.39, 0.29) is 16.7 Å². The number of pyridine rings is 1. The van der Waals surface area contributed by atoms with Crippen LogP contribution < -0.4 is 5.32 Å². The van der Waals surface area contributed by atoms with Gasteiger partial charge in [-0.2, -0.15) is 0 Å². The number of nitrogens with zero attached hydrogens (tertiary/aromatic N) is 1. The van der Waals surface area contributed by atoms with Crippen LogP contribution >= 0.6 is 0 Å². The summed E-state index contributed by atoms with van der Waals surface area (Å²) in [5, 5.41) is 2.95. The molecule has 1 heterocycles. The highest BCUT2D eigenvalue weighted by atomic mass is 16.1. The van der Waals surface area contributed by atoms with Crippen molar-refractivity contribution in [3.63, 3.8) is 0 Å². The third-order valence-corrected chi connectivity index (χ3v) is 3.80. The molecule has 23 heavy (non-hydrogen) atoms. The third kappa shape index (κ3) is 4.41. The summed E-state index contributed by atoms with van der Waals surface area (Å²) >= 11 is 0. The monoisotopic (exact) mass is 310 g/mol. The molecule has 0 aliphatic rings. The smallest absolute Gasteiger partial charge is 0.255 e. The zero-order chi connectivity index (χ0) is 17.3. The van der Waals surface area contributed by atoms with E-state index in [9.17, 15) is 4.79 Å². The summed E-state index contributed by atoms with van der Waals surface area (Å²) in [6.45, 7) is 12.8. The molecule has 1 aromatic heterocycles. The first kappa shape index (κ1) is 17.2. The lowest BCUT2D eigenvalue weighted by molar-refractivity contribution is 0.102. The van der Waals surface area contributed by atoms with E-state index in [0.717, 1.165) is 11.4 Å². The summed E-state index contributed by atoms with van der Waals surface area (Å²) in [6.07, 6.45) is 1.69. The number of benzene rings is 1. The molecule has 3 heteroatoms. The van der Waals surface area contributed by atoms with Crippen LogP contribution in [0.4, 0.5) is 5.69 Å². The van der Waals surface area contributed by atoms with E-state index in [1.807, 2.05) is 18.2 Å². The van der Waals surface area contributed by atoms with Crippen LogP contribution in [0.3, 0.4) is 0 Å². The summed E-state index contributed by atoms with van der Waals surface area (Å²) in [7, 11) is 0. The molecule has 1 N–H and O–H groups in total. The number of aromatic nitrogens is 1. The fraction of sp³-hybridized carbons (Fsp3) is 0.400. The van der Waals surface area contributed by atoms with E-state index in [1.165, 1.54) is 5.56 Å². The standard InChI is InChI=1S/C20H26N2O/c1-19(2,3)15-7-9-16(10-8-15)22-18(23)14-11-12-21-17(13-14)20(4,5)6/h7-13H,1-6H3,(H,22,23). The number of hydrogen-bond donors (Lipinski definition) is 1. The Labute approximate surface area is 139 Å². The van der Waals surface area contributed by atoms with Crippen molar-refractivity contribution in [1.29, 1.82) is 0 Å². The average Bonchev–Trinajstić information content (AvgIpc) is 2.46. The summed E-state index contributed by atoms with van der Waals surface area (Å²) < 4.78 is 0. The van der Waals surface area contributed by atoms with Crippen LogP contribution in [0, 0.1) is 0 Å². The Morgan fingerprint density at radius 3 is 2.04 bits per heavy atom. The van der Waals surface area contributed by atoms with Gasteiger partial charge in [0.1, 0.15) is 0 Å². The number of carbonyl (C=O) groups excluding carboxylic acids is 1. The molecule has 0 aliphatic carbocycles. The second-order valence-corrected chi connectivity index (χ2v) is 7.96. The zero-order valence-electron chi connectivity index (χ0n) is 14.9. The van der Waals surface area contributed by atoms with Crippen molar-refractivity contribution in [1.82, 2.24) is 4.98 Å². The first-order valence-electron chi connectivity index (χ1n) is 7.96. The fourth-order valence-corrected chi connectivity index (χ4v) is 2.24. The van der Waals surface area contributed by atoms with Crippen LogP contribution in [0.1, 0.15) is 63.2 Å². The molecule has 0 radical (unpaired) electrons. The van der Waals surface area contributed by atoms with Crippen molar-refractivity contribution >= 4 is 11.6 Å². The molecule has 2 rings (SSSR count). The Morgan fingerprint density at radius 2 is 1.52 bits per heavy atom. The highest BCUT2D eigenvalue weighted by Crippen LogP contribution is 2.24. The van der Waals surface area contributed by atoms with E-state index >= 15 is 0 Å². The fourth-order valence-electron chi connectivity index (χ4n) is 2.24. The van der Waals surface area contributed by atoms with Crippen molar-refractivity contribution in [3.05, 3.63) is 59.4 Å². The van der Waals surface area contributed by atoms with Gasteiger partial charge in [0.05, 0.1) is 0 Å². The first-order chi connectivity index (χ1) is 10.6. The van der Waals surface area contributed by atoms with Crippen molar-refractivity contribution in [2.45, 2.75) is 52.4 Å². The molecule has 2 aromatic rings. The number of anilines is 1. The van der Waals surface area contributed by atoms with Gasteiger partial charge in [0.25, 0.3) is 5.91 Å². The third-order valence-electron chi connectivity index (χ3n) is 3.80. The van der Waals surface area contributed by atoms with Crippen LogP contribution in [0.15, 0.2) is 42.6 Å². The Morgan fingerprint density at radius 1 is 0.913 bits per heavy atom. The van der Waals surface area contributed by atoms with Crippen LogP contribution in [0.2, 0.25) is 0 Å². The molecule has 1 aromatic carbocycles. The van der Waals surface area contributed by atoms with Gasteiger partial charge in [0.2, 0.25) is 0 Å².